The predicted molar refractivity (Wildman–Crippen MR) is 59.9 cm³/mol. The number of amides is 1. The molecule has 0 aromatic carbocycles. The SMILES string of the molecule is CCC(N)CNS(=O)(=O)NC(=O)OC(C)C. The topological polar surface area (TPSA) is 111 Å². The molecule has 1 atom stereocenters. The van der Waals surface area contributed by atoms with Gasteiger partial charge in [0.1, 0.15) is 0 Å². The van der Waals surface area contributed by atoms with Crippen molar-refractivity contribution in [2.75, 3.05) is 6.54 Å². The highest BCUT2D eigenvalue weighted by Crippen LogP contribution is 1.90. The first-order valence-corrected chi connectivity index (χ1v) is 6.48. The zero-order valence-electron chi connectivity index (χ0n) is 9.69. The van der Waals surface area contributed by atoms with E-state index in [9.17, 15) is 13.2 Å². The summed E-state index contributed by atoms with van der Waals surface area (Å²) >= 11 is 0. The molecule has 0 spiro atoms. The molecule has 0 aliphatic carbocycles. The maximum Gasteiger partial charge on any atom is 0.422 e. The molecule has 0 saturated heterocycles. The Morgan fingerprint density at radius 3 is 2.44 bits per heavy atom. The van der Waals surface area contributed by atoms with Gasteiger partial charge in [0.15, 0.2) is 0 Å². The van der Waals surface area contributed by atoms with Crippen molar-refractivity contribution >= 4 is 16.3 Å². The lowest BCUT2D eigenvalue weighted by Crippen LogP contribution is -2.45. The third kappa shape index (κ3) is 7.43. The first kappa shape index (κ1) is 15.1. The summed E-state index contributed by atoms with van der Waals surface area (Å²) in [6.07, 6.45) is -0.750. The summed E-state index contributed by atoms with van der Waals surface area (Å²) < 4.78 is 31.0. The van der Waals surface area contributed by atoms with E-state index in [1.54, 1.807) is 18.6 Å². The van der Waals surface area contributed by atoms with E-state index in [-0.39, 0.29) is 18.7 Å². The zero-order valence-corrected chi connectivity index (χ0v) is 10.5. The molecule has 4 N–H and O–H groups in total. The Kier molecular flexibility index (Phi) is 6.31. The van der Waals surface area contributed by atoms with E-state index in [1.165, 1.54) is 0 Å². The highest BCUT2D eigenvalue weighted by Gasteiger charge is 2.16. The number of nitrogens with two attached hydrogens (primary N) is 1. The van der Waals surface area contributed by atoms with Gasteiger partial charge in [0.05, 0.1) is 6.10 Å². The Balaban J connectivity index is 4.10. The molecule has 8 heteroatoms. The summed E-state index contributed by atoms with van der Waals surface area (Å²) in [5.41, 5.74) is 5.52. The van der Waals surface area contributed by atoms with Gasteiger partial charge in [0, 0.05) is 12.6 Å². The number of rotatable bonds is 6. The van der Waals surface area contributed by atoms with Crippen molar-refractivity contribution < 1.29 is 17.9 Å². The Labute approximate surface area is 95.9 Å². The third-order valence-corrected chi connectivity index (χ3v) is 2.60. The van der Waals surface area contributed by atoms with Gasteiger partial charge in [-0.25, -0.2) is 9.52 Å². The quantitative estimate of drug-likeness (QED) is 0.601. The minimum atomic E-state index is -3.89. The third-order valence-electron chi connectivity index (χ3n) is 1.62. The molecule has 0 fully saturated rings. The number of carbonyl (C=O) groups excluding carboxylic acids is 1. The monoisotopic (exact) mass is 253 g/mol. The summed E-state index contributed by atoms with van der Waals surface area (Å²) in [7, 11) is -3.89. The predicted octanol–water partition coefficient (Wildman–Crippen LogP) is -0.307. The second-order valence-corrected chi connectivity index (χ2v) is 5.08. The van der Waals surface area contributed by atoms with Gasteiger partial charge in [-0.3, -0.25) is 0 Å². The van der Waals surface area contributed by atoms with Gasteiger partial charge in [0.25, 0.3) is 0 Å². The van der Waals surface area contributed by atoms with Crippen molar-refractivity contribution in [3.8, 4) is 0 Å². The molecule has 0 rings (SSSR count). The van der Waals surface area contributed by atoms with E-state index in [0.717, 1.165) is 0 Å². The molecule has 0 heterocycles. The summed E-state index contributed by atoms with van der Waals surface area (Å²) in [6, 6.07) is -0.280. The highest BCUT2D eigenvalue weighted by atomic mass is 32.2. The maximum atomic E-state index is 11.3. The van der Waals surface area contributed by atoms with Crippen LogP contribution in [0.25, 0.3) is 0 Å². The van der Waals surface area contributed by atoms with Crippen LogP contribution in [-0.2, 0) is 14.9 Å². The average molecular weight is 253 g/mol. The van der Waals surface area contributed by atoms with Crippen molar-refractivity contribution in [1.82, 2.24) is 9.44 Å². The van der Waals surface area contributed by atoms with Crippen molar-refractivity contribution in [3.05, 3.63) is 0 Å². The number of hydrogen-bond acceptors (Lipinski definition) is 5. The molecule has 0 saturated carbocycles. The molecular weight excluding hydrogens is 234 g/mol. The van der Waals surface area contributed by atoms with Gasteiger partial charge < -0.3 is 10.5 Å². The van der Waals surface area contributed by atoms with Crippen LogP contribution in [0.2, 0.25) is 0 Å². The molecule has 16 heavy (non-hydrogen) atoms. The number of ether oxygens (including phenoxy) is 1. The molecule has 1 unspecified atom stereocenters. The number of carbonyl (C=O) groups is 1. The standard InChI is InChI=1S/C8H19N3O4S/c1-4-7(9)5-10-16(13,14)11-8(12)15-6(2)3/h6-7,10H,4-5,9H2,1-3H3,(H,11,12). The molecule has 0 radical (unpaired) electrons. The fourth-order valence-electron chi connectivity index (χ4n) is 0.745. The van der Waals surface area contributed by atoms with Crippen LogP contribution in [0.15, 0.2) is 0 Å². The van der Waals surface area contributed by atoms with Gasteiger partial charge in [-0.05, 0) is 20.3 Å². The average Bonchev–Trinajstić information content (AvgIpc) is 2.11. The molecule has 7 nitrogen and oxygen atoms in total. The minimum Gasteiger partial charge on any atom is -0.446 e. The maximum absolute atomic E-state index is 11.3. The van der Waals surface area contributed by atoms with Crippen molar-refractivity contribution in [1.29, 1.82) is 0 Å². The van der Waals surface area contributed by atoms with Crippen LogP contribution in [0.5, 0.6) is 0 Å². The lowest BCUT2D eigenvalue weighted by Gasteiger charge is -2.12. The summed E-state index contributed by atoms with van der Waals surface area (Å²) in [6.45, 7) is 5.14. The van der Waals surface area contributed by atoms with Crippen molar-refractivity contribution in [2.24, 2.45) is 5.73 Å². The molecule has 96 valence electrons. The first-order valence-electron chi connectivity index (χ1n) is 5.00. The van der Waals surface area contributed by atoms with Gasteiger partial charge in [-0.15, -0.1) is 0 Å². The van der Waals surface area contributed by atoms with Crippen LogP contribution in [0.1, 0.15) is 27.2 Å². The van der Waals surface area contributed by atoms with E-state index in [2.05, 4.69) is 9.46 Å². The summed E-state index contributed by atoms with van der Waals surface area (Å²) in [5.74, 6) is 0. The smallest absolute Gasteiger partial charge is 0.422 e. The van der Waals surface area contributed by atoms with Crippen molar-refractivity contribution in [2.45, 2.75) is 39.3 Å². The Bertz CT molecular complexity index is 315. The molecular formula is C8H19N3O4S. The van der Waals surface area contributed by atoms with Gasteiger partial charge in [-0.2, -0.15) is 13.1 Å². The lowest BCUT2D eigenvalue weighted by molar-refractivity contribution is 0.121. The molecule has 0 aromatic heterocycles. The fourth-order valence-corrected chi connectivity index (χ4v) is 1.52. The van der Waals surface area contributed by atoms with E-state index in [0.29, 0.717) is 6.42 Å². The molecule has 0 aliphatic heterocycles. The minimum absolute atomic E-state index is 0.0702. The second-order valence-electron chi connectivity index (χ2n) is 3.58. The molecule has 1 amide bonds. The number of nitrogens with one attached hydrogen (secondary N) is 2. The van der Waals surface area contributed by atoms with E-state index >= 15 is 0 Å². The Hall–Kier alpha value is -0.860. The first-order chi connectivity index (χ1) is 7.26. The summed E-state index contributed by atoms with van der Waals surface area (Å²) in [5, 5.41) is 0. The lowest BCUT2D eigenvalue weighted by atomic mass is 10.2. The van der Waals surface area contributed by atoms with E-state index in [4.69, 9.17) is 5.73 Å². The normalized spacial score (nSPS) is 13.6. The van der Waals surface area contributed by atoms with Crippen LogP contribution in [0, 0.1) is 0 Å². The summed E-state index contributed by atoms with van der Waals surface area (Å²) in [4.78, 5) is 11.0. The molecule has 0 aromatic rings. The van der Waals surface area contributed by atoms with Gasteiger partial charge in [-0.1, -0.05) is 6.92 Å². The molecule has 0 aliphatic rings. The van der Waals surface area contributed by atoms with Gasteiger partial charge in [0.2, 0.25) is 0 Å². The zero-order chi connectivity index (χ0) is 12.8. The highest BCUT2D eigenvalue weighted by molar-refractivity contribution is 7.88. The molecule has 0 bridgehead atoms. The Morgan fingerprint density at radius 2 is 2.00 bits per heavy atom. The fraction of sp³-hybridized carbons (Fsp3) is 0.875. The van der Waals surface area contributed by atoms with Crippen molar-refractivity contribution in [3.63, 3.8) is 0 Å². The van der Waals surface area contributed by atoms with Crippen LogP contribution >= 0.6 is 0 Å². The van der Waals surface area contributed by atoms with Crippen LogP contribution in [-0.4, -0.2) is 33.2 Å². The largest absolute Gasteiger partial charge is 0.446 e. The van der Waals surface area contributed by atoms with Crippen LogP contribution in [0.3, 0.4) is 0 Å². The van der Waals surface area contributed by atoms with Crippen LogP contribution in [0.4, 0.5) is 4.79 Å². The second kappa shape index (κ2) is 6.66. The van der Waals surface area contributed by atoms with E-state index in [1.807, 2.05) is 6.92 Å². The van der Waals surface area contributed by atoms with Crippen LogP contribution < -0.4 is 15.2 Å². The van der Waals surface area contributed by atoms with E-state index < -0.39 is 16.3 Å². The van der Waals surface area contributed by atoms with Gasteiger partial charge >= 0.3 is 16.3 Å². The number of hydrogen-bond donors (Lipinski definition) is 3. The Morgan fingerprint density at radius 1 is 1.44 bits per heavy atom.